The van der Waals surface area contributed by atoms with Gasteiger partial charge in [0.1, 0.15) is 0 Å². The molecule has 0 saturated carbocycles. The normalized spacial score (nSPS) is 26.4. The van der Waals surface area contributed by atoms with Gasteiger partial charge in [0.05, 0.1) is 12.1 Å². The highest BCUT2D eigenvalue weighted by molar-refractivity contribution is 5.96. The molecule has 0 bridgehead atoms. The van der Waals surface area contributed by atoms with Crippen molar-refractivity contribution in [2.75, 3.05) is 19.6 Å². The molecule has 3 unspecified atom stereocenters. The Balaban J connectivity index is 2.46. The Bertz CT molecular complexity index is 309. The molecule has 0 radical (unpaired) electrons. The smallest absolute Gasteiger partial charge is 0.321 e. The van der Waals surface area contributed by atoms with E-state index in [1.54, 1.807) is 13.8 Å². The summed E-state index contributed by atoms with van der Waals surface area (Å²) in [5.41, 5.74) is 0. The van der Waals surface area contributed by atoms with E-state index < -0.39 is 18.2 Å². The average molecular weight is 257 g/mol. The second-order valence-corrected chi connectivity index (χ2v) is 4.85. The summed E-state index contributed by atoms with van der Waals surface area (Å²) in [6.45, 7) is 7.26. The number of β-amino-alcohol motifs (C(OH)–C–C–N with tert-alkyl or cyclic N) is 1. The third-order valence-corrected chi connectivity index (χ3v) is 3.45. The lowest BCUT2D eigenvalue weighted by molar-refractivity contribution is -0.126. The van der Waals surface area contributed by atoms with Gasteiger partial charge in [-0.25, -0.2) is 4.79 Å². The Hall–Kier alpha value is -1.14. The Morgan fingerprint density at radius 1 is 1.50 bits per heavy atom. The lowest BCUT2D eigenvalue weighted by Gasteiger charge is -2.37. The number of imide groups is 1. The predicted molar refractivity (Wildman–Crippen MR) is 68.0 cm³/mol. The molecule has 3 N–H and O–H groups in total. The molecular formula is C12H23N3O3. The van der Waals surface area contributed by atoms with Gasteiger partial charge in [-0.1, -0.05) is 6.92 Å². The highest BCUT2D eigenvalue weighted by atomic mass is 16.3. The van der Waals surface area contributed by atoms with E-state index in [2.05, 4.69) is 10.6 Å². The number of aliphatic hydroxyl groups excluding tert-OH is 1. The molecule has 1 aliphatic rings. The van der Waals surface area contributed by atoms with E-state index in [9.17, 15) is 14.7 Å². The van der Waals surface area contributed by atoms with Crippen molar-refractivity contribution >= 4 is 11.9 Å². The van der Waals surface area contributed by atoms with Crippen LogP contribution in [0.3, 0.4) is 0 Å². The fourth-order valence-corrected chi connectivity index (χ4v) is 2.01. The molecule has 1 fully saturated rings. The lowest BCUT2D eigenvalue weighted by atomic mass is 9.95. The minimum atomic E-state index is -0.472. The second-order valence-electron chi connectivity index (χ2n) is 4.85. The SMILES string of the molecule is CCNC(=O)NC(=O)C(C)N1CCC(C)C(O)C1. The number of hydrogen-bond donors (Lipinski definition) is 3. The Morgan fingerprint density at radius 3 is 2.72 bits per heavy atom. The minimum Gasteiger partial charge on any atom is -0.392 e. The molecule has 104 valence electrons. The highest BCUT2D eigenvalue weighted by Crippen LogP contribution is 2.18. The highest BCUT2D eigenvalue weighted by Gasteiger charge is 2.30. The monoisotopic (exact) mass is 257 g/mol. The van der Waals surface area contributed by atoms with Crippen molar-refractivity contribution in [1.29, 1.82) is 0 Å². The number of amides is 3. The quantitative estimate of drug-likeness (QED) is 0.660. The molecule has 18 heavy (non-hydrogen) atoms. The van der Waals surface area contributed by atoms with Crippen molar-refractivity contribution in [2.24, 2.45) is 5.92 Å². The van der Waals surface area contributed by atoms with Crippen LogP contribution in [0, 0.1) is 5.92 Å². The van der Waals surface area contributed by atoms with Crippen molar-refractivity contribution < 1.29 is 14.7 Å². The van der Waals surface area contributed by atoms with Crippen LogP contribution in [-0.2, 0) is 4.79 Å². The average Bonchev–Trinajstić information content (AvgIpc) is 2.32. The maximum atomic E-state index is 11.8. The molecule has 1 saturated heterocycles. The molecular weight excluding hydrogens is 234 g/mol. The van der Waals surface area contributed by atoms with E-state index in [0.29, 0.717) is 13.1 Å². The van der Waals surface area contributed by atoms with Gasteiger partial charge in [0, 0.05) is 13.1 Å². The van der Waals surface area contributed by atoms with Crippen LogP contribution in [0.5, 0.6) is 0 Å². The predicted octanol–water partition coefficient (Wildman–Crippen LogP) is -0.0767. The first kappa shape index (κ1) is 14.9. The van der Waals surface area contributed by atoms with Gasteiger partial charge in [-0.05, 0) is 32.7 Å². The fraction of sp³-hybridized carbons (Fsp3) is 0.833. The maximum absolute atomic E-state index is 11.8. The Labute approximate surface area is 108 Å². The lowest BCUT2D eigenvalue weighted by Crippen LogP contribution is -2.54. The van der Waals surface area contributed by atoms with Crippen molar-refractivity contribution in [3.8, 4) is 0 Å². The maximum Gasteiger partial charge on any atom is 0.321 e. The third kappa shape index (κ3) is 3.96. The van der Waals surface area contributed by atoms with Gasteiger partial charge in [-0.3, -0.25) is 15.0 Å². The number of carbonyl (C=O) groups is 2. The van der Waals surface area contributed by atoms with E-state index in [1.165, 1.54) is 0 Å². The van der Waals surface area contributed by atoms with Crippen molar-refractivity contribution in [1.82, 2.24) is 15.5 Å². The first-order valence-electron chi connectivity index (χ1n) is 6.46. The van der Waals surface area contributed by atoms with E-state index in [4.69, 9.17) is 0 Å². The molecule has 0 aromatic heterocycles. The molecule has 3 amide bonds. The zero-order chi connectivity index (χ0) is 13.7. The minimum absolute atomic E-state index is 0.264. The van der Waals surface area contributed by atoms with Crippen LogP contribution < -0.4 is 10.6 Å². The van der Waals surface area contributed by atoms with Gasteiger partial charge in [-0.15, -0.1) is 0 Å². The van der Waals surface area contributed by atoms with Gasteiger partial charge in [0.15, 0.2) is 0 Å². The van der Waals surface area contributed by atoms with E-state index in [0.717, 1.165) is 13.0 Å². The number of carbonyl (C=O) groups excluding carboxylic acids is 2. The van der Waals surface area contributed by atoms with Crippen LogP contribution in [-0.4, -0.2) is 53.7 Å². The molecule has 1 rings (SSSR count). The molecule has 0 spiro atoms. The van der Waals surface area contributed by atoms with E-state index >= 15 is 0 Å². The first-order valence-corrected chi connectivity index (χ1v) is 6.46. The van der Waals surface area contributed by atoms with Crippen LogP contribution >= 0.6 is 0 Å². The molecule has 6 heteroatoms. The number of nitrogens with zero attached hydrogens (tertiary/aromatic N) is 1. The zero-order valence-corrected chi connectivity index (χ0v) is 11.3. The van der Waals surface area contributed by atoms with Crippen molar-refractivity contribution in [2.45, 2.75) is 39.3 Å². The molecule has 0 aliphatic carbocycles. The van der Waals surface area contributed by atoms with Crippen LogP contribution in [0.15, 0.2) is 0 Å². The number of likely N-dealkylation sites (tertiary alicyclic amines) is 1. The van der Waals surface area contributed by atoms with Gasteiger partial charge < -0.3 is 10.4 Å². The summed E-state index contributed by atoms with van der Waals surface area (Å²) in [4.78, 5) is 25.0. The number of rotatable bonds is 3. The summed E-state index contributed by atoms with van der Waals surface area (Å²) < 4.78 is 0. The van der Waals surface area contributed by atoms with Gasteiger partial charge in [-0.2, -0.15) is 0 Å². The number of urea groups is 1. The van der Waals surface area contributed by atoms with E-state index in [-0.39, 0.29) is 11.8 Å². The molecule has 0 aromatic carbocycles. The topological polar surface area (TPSA) is 81.7 Å². The summed E-state index contributed by atoms with van der Waals surface area (Å²) >= 11 is 0. The standard InChI is InChI=1S/C12H23N3O3/c1-4-13-12(18)14-11(17)9(3)15-6-5-8(2)10(16)7-15/h8-10,16H,4-7H2,1-3H3,(H2,13,14,17,18). The molecule has 6 nitrogen and oxygen atoms in total. The van der Waals surface area contributed by atoms with Gasteiger partial charge >= 0.3 is 6.03 Å². The summed E-state index contributed by atoms with van der Waals surface area (Å²) in [6, 6.07) is -0.880. The Kier molecular flexibility index (Phi) is 5.55. The van der Waals surface area contributed by atoms with Crippen molar-refractivity contribution in [3.05, 3.63) is 0 Å². The van der Waals surface area contributed by atoms with Crippen LogP contribution in [0.25, 0.3) is 0 Å². The van der Waals surface area contributed by atoms with Gasteiger partial charge in [0.25, 0.3) is 0 Å². The third-order valence-electron chi connectivity index (χ3n) is 3.45. The summed E-state index contributed by atoms with van der Waals surface area (Å²) in [7, 11) is 0. The van der Waals surface area contributed by atoms with Crippen molar-refractivity contribution in [3.63, 3.8) is 0 Å². The summed E-state index contributed by atoms with van der Waals surface area (Å²) in [6.07, 6.45) is 0.457. The molecule has 1 heterocycles. The number of aliphatic hydroxyl groups is 1. The largest absolute Gasteiger partial charge is 0.392 e. The van der Waals surface area contributed by atoms with Crippen LogP contribution in [0.4, 0.5) is 4.79 Å². The van der Waals surface area contributed by atoms with Crippen LogP contribution in [0.2, 0.25) is 0 Å². The zero-order valence-electron chi connectivity index (χ0n) is 11.3. The number of hydrogen-bond acceptors (Lipinski definition) is 4. The van der Waals surface area contributed by atoms with E-state index in [1.807, 2.05) is 11.8 Å². The summed E-state index contributed by atoms with van der Waals surface area (Å²) in [5.74, 6) is -0.0670. The van der Waals surface area contributed by atoms with Gasteiger partial charge in [0.2, 0.25) is 5.91 Å². The first-order chi connectivity index (χ1) is 8.45. The summed E-state index contributed by atoms with van der Waals surface area (Å²) in [5, 5.41) is 14.6. The van der Waals surface area contributed by atoms with Crippen LogP contribution in [0.1, 0.15) is 27.2 Å². The molecule has 3 atom stereocenters. The Morgan fingerprint density at radius 2 is 2.17 bits per heavy atom. The fourth-order valence-electron chi connectivity index (χ4n) is 2.01. The second kappa shape index (κ2) is 6.70. The number of piperidine rings is 1. The number of nitrogens with one attached hydrogen (secondary N) is 2. The molecule has 1 aliphatic heterocycles. The molecule has 0 aromatic rings.